The van der Waals surface area contributed by atoms with Crippen LogP contribution in [0.25, 0.3) is 11.0 Å². The van der Waals surface area contributed by atoms with Gasteiger partial charge in [0, 0.05) is 18.0 Å². The normalized spacial score (nSPS) is 25.2. The molecule has 2 unspecified atom stereocenters. The molecule has 0 bridgehead atoms. The highest BCUT2D eigenvalue weighted by Crippen LogP contribution is 2.33. The Morgan fingerprint density at radius 1 is 1.26 bits per heavy atom. The van der Waals surface area contributed by atoms with Gasteiger partial charge in [-0.1, -0.05) is 12.2 Å². The van der Waals surface area contributed by atoms with Crippen LogP contribution in [0.5, 0.6) is 0 Å². The molecule has 0 spiro atoms. The number of likely N-dealkylation sites (tertiary alicyclic amines) is 1. The molecular formula is C14H13N3O2. The van der Waals surface area contributed by atoms with Gasteiger partial charge in [-0.25, -0.2) is 4.63 Å². The quantitative estimate of drug-likeness (QED) is 0.731. The molecule has 1 fully saturated rings. The summed E-state index contributed by atoms with van der Waals surface area (Å²) in [6.45, 7) is 0.833. The Hall–Kier alpha value is -2.17. The molecular weight excluding hydrogens is 242 g/mol. The lowest BCUT2D eigenvalue weighted by Gasteiger charge is -2.43. The largest absolute Gasteiger partial charge is 0.332 e. The van der Waals surface area contributed by atoms with Crippen LogP contribution in [0.3, 0.4) is 0 Å². The van der Waals surface area contributed by atoms with Crippen molar-refractivity contribution < 1.29 is 9.42 Å². The maximum Gasteiger partial charge on any atom is 0.254 e. The summed E-state index contributed by atoms with van der Waals surface area (Å²) in [5, 5.41) is 7.53. The highest BCUT2D eigenvalue weighted by Gasteiger charge is 2.36. The monoisotopic (exact) mass is 255 g/mol. The Morgan fingerprint density at radius 2 is 2.16 bits per heavy atom. The lowest BCUT2D eigenvalue weighted by atomic mass is 9.80. The predicted octanol–water partition coefficient (Wildman–Crippen LogP) is 2.01. The van der Waals surface area contributed by atoms with Crippen molar-refractivity contribution in [3.63, 3.8) is 0 Å². The number of rotatable bonds is 1. The van der Waals surface area contributed by atoms with Gasteiger partial charge in [-0.2, -0.15) is 0 Å². The number of hydrogen-bond acceptors (Lipinski definition) is 4. The topological polar surface area (TPSA) is 59.2 Å². The molecule has 2 aromatic rings. The second kappa shape index (κ2) is 3.91. The number of nitrogens with zero attached hydrogens (tertiary/aromatic N) is 3. The van der Waals surface area contributed by atoms with Gasteiger partial charge in [0.2, 0.25) is 0 Å². The fourth-order valence-corrected chi connectivity index (χ4v) is 2.93. The summed E-state index contributed by atoms with van der Waals surface area (Å²) in [6.07, 6.45) is 6.59. The molecule has 2 aliphatic rings. The first-order chi connectivity index (χ1) is 9.33. The van der Waals surface area contributed by atoms with E-state index >= 15 is 0 Å². The highest BCUT2D eigenvalue weighted by molar-refractivity contribution is 5.97. The fourth-order valence-electron chi connectivity index (χ4n) is 2.93. The number of fused-ring (bicyclic) bond motifs is 2. The van der Waals surface area contributed by atoms with Crippen LogP contribution in [0.2, 0.25) is 0 Å². The van der Waals surface area contributed by atoms with E-state index in [2.05, 4.69) is 27.1 Å². The van der Waals surface area contributed by atoms with E-state index < -0.39 is 0 Å². The number of aromatic nitrogens is 2. The van der Waals surface area contributed by atoms with Gasteiger partial charge in [-0.15, -0.1) is 0 Å². The maximum absolute atomic E-state index is 12.6. The van der Waals surface area contributed by atoms with E-state index in [1.165, 1.54) is 6.42 Å². The molecule has 2 heterocycles. The summed E-state index contributed by atoms with van der Waals surface area (Å²) in [6, 6.07) is 5.60. The molecule has 5 nitrogen and oxygen atoms in total. The molecule has 1 aromatic heterocycles. The number of piperidine rings is 1. The Kier molecular flexibility index (Phi) is 2.21. The Labute approximate surface area is 109 Å². The first-order valence-electron chi connectivity index (χ1n) is 6.54. The van der Waals surface area contributed by atoms with Crippen LogP contribution in [0.1, 0.15) is 23.2 Å². The number of carbonyl (C=O) groups is 1. The van der Waals surface area contributed by atoms with E-state index in [9.17, 15) is 4.79 Å². The highest BCUT2D eigenvalue weighted by atomic mass is 16.6. The van der Waals surface area contributed by atoms with E-state index in [0.717, 1.165) is 13.0 Å². The van der Waals surface area contributed by atoms with Gasteiger partial charge in [0.25, 0.3) is 5.91 Å². The third kappa shape index (κ3) is 1.58. The third-order valence-electron chi connectivity index (χ3n) is 4.05. The predicted molar refractivity (Wildman–Crippen MR) is 68.5 cm³/mol. The first-order valence-corrected chi connectivity index (χ1v) is 6.54. The van der Waals surface area contributed by atoms with Crippen molar-refractivity contribution in [1.29, 1.82) is 0 Å². The average Bonchev–Trinajstić information content (AvgIpc) is 2.86. The number of hydrogen-bond donors (Lipinski definition) is 0. The molecule has 1 aliphatic carbocycles. The number of carbonyl (C=O) groups excluding carboxylic acids is 1. The van der Waals surface area contributed by atoms with Crippen molar-refractivity contribution in [1.82, 2.24) is 15.2 Å². The Balaban J connectivity index is 1.67. The SMILES string of the molecule is O=C(c1ccc2nonc2c1)N1CCCC2C=CC21. The van der Waals surface area contributed by atoms with Crippen molar-refractivity contribution in [2.75, 3.05) is 6.54 Å². The zero-order valence-corrected chi connectivity index (χ0v) is 10.3. The summed E-state index contributed by atoms with van der Waals surface area (Å²) in [7, 11) is 0. The lowest BCUT2D eigenvalue weighted by Crippen LogP contribution is -2.50. The first kappa shape index (κ1) is 10.7. The van der Waals surface area contributed by atoms with E-state index in [-0.39, 0.29) is 11.9 Å². The van der Waals surface area contributed by atoms with Crippen molar-refractivity contribution in [2.45, 2.75) is 18.9 Å². The number of benzene rings is 1. The van der Waals surface area contributed by atoms with E-state index in [1.807, 2.05) is 4.90 Å². The summed E-state index contributed by atoms with van der Waals surface area (Å²) in [5.74, 6) is 0.624. The average molecular weight is 255 g/mol. The summed E-state index contributed by atoms with van der Waals surface area (Å²) in [5.41, 5.74) is 1.96. The van der Waals surface area contributed by atoms with Crippen LogP contribution >= 0.6 is 0 Å². The fraction of sp³-hybridized carbons (Fsp3) is 0.357. The molecule has 2 atom stereocenters. The van der Waals surface area contributed by atoms with Crippen LogP contribution in [0.15, 0.2) is 35.0 Å². The summed E-state index contributed by atoms with van der Waals surface area (Å²) in [4.78, 5) is 14.5. The van der Waals surface area contributed by atoms with Crippen LogP contribution in [-0.4, -0.2) is 33.7 Å². The van der Waals surface area contributed by atoms with Gasteiger partial charge in [-0.05, 0) is 41.4 Å². The van der Waals surface area contributed by atoms with Crippen LogP contribution in [0, 0.1) is 5.92 Å². The zero-order valence-electron chi connectivity index (χ0n) is 10.3. The molecule has 5 heteroatoms. The Morgan fingerprint density at radius 3 is 3.00 bits per heavy atom. The van der Waals surface area contributed by atoms with Crippen molar-refractivity contribution in [3.05, 3.63) is 35.9 Å². The van der Waals surface area contributed by atoms with Crippen molar-refractivity contribution in [2.24, 2.45) is 5.92 Å². The molecule has 4 rings (SSSR count). The zero-order chi connectivity index (χ0) is 12.8. The molecule has 1 saturated heterocycles. The molecule has 19 heavy (non-hydrogen) atoms. The second-order valence-electron chi connectivity index (χ2n) is 5.15. The molecule has 96 valence electrons. The third-order valence-corrected chi connectivity index (χ3v) is 4.05. The van der Waals surface area contributed by atoms with Gasteiger partial charge in [0.15, 0.2) is 0 Å². The summed E-state index contributed by atoms with van der Waals surface area (Å²) >= 11 is 0. The van der Waals surface area contributed by atoms with Gasteiger partial charge in [0.05, 0.1) is 6.04 Å². The van der Waals surface area contributed by atoms with Crippen LogP contribution in [-0.2, 0) is 0 Å². The van der Waals surface area contributed by atoms with Gasteiger partial charge >= 0.3 is 0 Å². The molecule has 0 saturated carbocycles. The molecule has 1 aromatic carbocycles. The maximum atomic E-state index is 12.6. The van der Waals surface area contributed by atoms with Gasteiger partial charge < -0.3 is 4.90 Å². The Bertz CT molecular complexity index is 676. The van der Waals surface area contributed by atoms with Crippen molar-refractivity contribution >= 4 is 16.9 Å². The minimum atomic E-state index is 0.0731. The van der Waals surface area contributed by atoms with Crippen LogP contribution in [0.4, 0.5) is 0 Å². The molecule has 1 amide bonds. The van der Waals surface area contributed by atoms with E-state index in [1.54, 1.807) is 18.2 Å². The van der Waals surface area contributed by atoms with Gasteiger partial charge in [0.1, 0.15) is 11.0 Å². The van der Waals surface area contributed by atoms with Crippen molar-refractivity contribution in [3.8, 4) is 0 Å². The van der Waals surface area contributed by atoms with E-state index in [0.29, 0.717) is 22.5 Å². The smallest absolute Gasteiger partial charge is 0.254 e. The van der Waals surface area contributed by atoms with E-state index in [4.69, 9.17) is 0 Å². The van der Waals surface area contributed by atoms with Crippen LogP contribution < -0.4 is 0 Å². The molecule has 0 radical (unpaired) electrons. The molecule has 1 aliphatic heterocycles. The minimum Gasteiger partial charge on any atom is -0.332 e. The summed E-state index contributed by atoms with van der Waals surface area (Å²) < 4.78 is 4.66. The van der Waals surface area contributed by atoms with Gasteiger partial charge in [-0.3, -0.25) is 4.79 Å². The minimum absolute atomic E-state index is 0.0731. The molecule has 0 N–H and O–H groups in total. The second-order valence-corrected chi connectivity index (χ2v) is 5.15. The standard InChI is InChI=1S/C14H13N3O2/c18-14(17-7-1-2-9-4-6-13(9)17)10-3-5-11-12(8-10)16-19-15-11/h3-6,8-9,13H,1-2,7H2. The lowest BCUT2D eigenvalue weighted by molar-refractivity contribution is 0.0583. The number of amides is 1.